The molecule has 0 spiro atoms. The minimum absolute atomic E-state index is 0.228. The Kier molecular flexibility index (Phi) is 7.58. The summed E-state index contributed by atoms with van der Waals surface area (Å²) in [6.45, 7) is 6.08. The van der Waals surface area contributed by atoms with E-state index in [2.05, 4.69) is 32.1 Å². The molecular formula is C24H25FN4O6. The molecule has 2 aliphatic rings. The molecule has 10 nitrogen and oxygen atoms in total. The lowest BCUT2D eigenvalue weighted by molar-refractivity contribution is -0.159. The molecule has 2 aromatic carbocycles. The van der Waals surface area contributed by atoms with Gasteiger partial charge in [-0.2, -0.15) is 5.10 Å². The molecule has 35 heavy (non-hydrogen) atoms. The van der Waals surface area contributed by atoms with Gasteiger partial charge in [0, 0.05) is 50.4 Å². The highest BCUT2D eigenvalue weighted by Crippen LogP contribution is 2.33. The van der Waals surface area contributed by atoms with Crippen LogP contribution in [0.5, 0.6) is 11.5 Å². The summed E-state index contributed by atoms with van der Waals surface area (Å²) in [7, 11) is 0. The number of halogens is 1. The predicted octanol–water partition coefficient (Wildman–Crippen LogP) is 2.42. The van der Waals surface area contributed by atoms with Gasteiger partial charge in [-0.15, -0.1) is 0 Å². The number of carboxylic acids is 2. The highest BCUT2D eigenvalue weighted by molar-refractivity contribution is 6.27. The molecular weight excluding hydrogens is 459 g/mol. The Balaban J connectivity index is 0.000000431. The lowest BCUT2D eigenvalue weighted by Crippen LogP contribution is -2.45. The molecule has 2 aliphatic heterocycles. The highest BCUT2D eigenvalue weighted by Gasteiger charge is 2.20. The van der Waals surface area contributed by atoms with Gasteiger partial charge >= 0.3 is 11.9 Å². The number of H-pyrrole nitrogens is 1. The molecule has 1 aromatic heterocycles. The lowest BCUT2D eigenvalue weighted by Gasteiger charge is -2.34. The third kappa shape index (κ3) is 6.34. The number of ether oxygens (including phenoxy) is 2. The van der Waals surface area contributed by atoms with Crippen LogP contribution in [0.15, 0.2) is 48.7 Å². The minimum Gasteiger partial charge on any atom is -0.473 e. The van der Waals surface area contributed by atoms with Crippen LogP contribution in [0.1, 0.15) is 11.1 Å². The molecule has 0 unspecified atom stereocenters. The van der Waals surface area contributed by atoms with Crippen molar-refractivity contribution in [2.24, 2.45) is 0 Å². The maximum Gasteiger partial charge on any atom is 0.414 e. The standard InChI is InChI=1S/C22H23FN4O2.C2H2O4/c23-19-4-2-17(3-5-19)22-18(12-24-25-22)14-27-9-7-26(8-10-27)13-16-1-6-20-21(11-16)29-15-28-20;3-1(4)2(5)6/h1-6,11-12H,7-10,13-15H2,(H,24,25);(H,3,4)(H,5,6). The number of aromatic amines is 1. The molecule has 0 aliphatic carbocycles. The Bertz CT molecular complexity index is 1160. The van der Waals surface area contributed by atoms with Crippen molar-refractivity contribution in [1.82, 2.24) is 20.0 Å². The Morgan fingerprint density at radius 3 is 2.20 bits per heavy atom. The van der Waals surface area contributed by atoms with Crippen molar-refractivity contribution in [2.45, 2.75) is 13.1 Å². The number of fused-ring (bicyclic) bond motifs is 1. The molecule has 0 atom stereocenters. The summed E-state index contributed by atoms with van der Waals surface area (Å²) in [5, 5.41) is 22.1. The van der Waals surface area contributed by atoms with Crippen molar-refractivity contribution >= 4 is 11.9 Å². The van der Waals surface area contributed by atoms with Crippen molar-refractivity contribution in [2.75, 3.05) is 33.0 Å². The van der Waals surface area contributed by atoms with Crippen LogP contribution in [0, 0.1) is 5.82 Å². The van der Waals surface area contributed by atoms with Crippen LogP contribution in [0.2, 0.25) is 0 Å². The average Bonchev–Trinajstić information content (AvgIpc) is 3.50. The van der Waals surface area contributed by atoms with Crippen LogP contribution in [-0.2, 0) is 22.7 Å². The van der Waals surface area contributed by atoms with E-state index in [4.69, 9.17) is 29.3 Å². The molecule has 0 saturated carbocycles. The van der Waals surface area contributed by atoms with Gasteiger partial charge in [0.15, 0.2) is 11.5 Å². The van der Waals surface area contributed by atoms with Gasteiger partial charge < -0.3 is 19.7 Å². The Hall–Kier alpha value is -3.96. The van der Waals surface area contributed by atoms with E-state index in [9.17, 15) is 4.39 Å². The summed E-state index contributed by atoms with van der Waals surface area (Å²) >= 11 is 0. The number of aliphatic carboxylic acids is 2. The molecule has 3 N–H and O–H groups in total. The molecule has 3 heterocycles. The third-order valence-electron chi connectivity index (χ3n) is 5.74. The van der Waals surface area contributed by atoms with Gasteiger partial charge in [-0.1, -0.05) is 6.07 Å². The summed E-state index contributed by atoms with van der Waals surface area (Å²) in [6, 6.07) is 12.7. The van der Waals surface area contributed by atoms with E-state index >= 15 is 0 Å². The number of nitrogens with zero attached hydrogens (tertiary/aromatic N) is 3. The van der Waals surface area contributed by atoms with Crippen LogP contribution < -0.4 is 9.47 Å². The topological polar surface area (TPSA) is 128 Å². The lowest BCUT2D eigenvalue weighted by atomic mass is 10.1. The number of benzene rings is 2. The summed E-state index contributed by atoms with van der Waals surface area (Å²) in [5.41, 5.74) is 4.31. The fraction of sp³-hybridized carbons (Fsp3) is 0.292. The molecule has 11 heteroatoms. The highest BCUT2D eigenvalue weighted by atomic mass is 19.1. The van der Waals surface area contributed by atoms with Gasteiger partial charge in [-0.3, -0.25) is 14.9 Å². The monoisotopic (exact) mass is 484 g/mol. The van der Waals surface area contributed by atoms with Gasteiger partial charge in [-0.25, -0.2) is 14.0 Å². The minimum atomic E-state index is -1.82. The van der Waals surface area contributed by atoms with Gasteiger partial charge in [-0.05, 0) is 42.0 Å². The fourth-order valence-corrected chi connectivity index (χ4v) is 3.94. The molecule has 0 radical (unpaired) electrons. The Labute approximate surface area is 200 Å². The average molecular weight is 484 g/mol. The zero-order valence-electron chi connectivity index (χ0n) is 18.8. The van der Waals surface area contributed by atoms with Crippen molar-refractivity contribution < 1.29 is 33.7 Å². The molecule has 5 rings (SSSR count). The first-order valence-electron chi connectivity index (χ1n) is 11.0. The number of rotatable bonds is 5. The van der Waals surface area contributed by atoms with Gasteiger partial charge in [0.05, 0.1) is 11.9 Å². The van der Waals surface area contributed by atoms with Gasteiger partial charge in [0.2, 0.25) is 6.79 Å². The molecule has 184 valence electrons. The SMILES string of the molecule is Fc1ccc(-c2[nH]ncc2CN2CCN(Cc3ccc4c(c3)OCO4)CC2)cc1.O=C(O)C(=O)O. The second-order valence-corrected chi connectivity index (χ2v) is 8.13. The molecule has 0 bridgehead atoms. The van der Waals surface area contributed by atoms with Crippen LogP contribution in [-0.4, -0.2) is 75.1 Å². The molecule has 1 saturated heterocycles. The Morgan fingerprint density at radius 2 is 1.54 bits per heavy atom. The van der Waals surface area contributed by atoms with Crippen molar-refractivity contribution in [3.05, 3.63) is 65.6 Å². The van der Waals surface area contributed by atoms with E-state index in [1.54, 1.807) is 12.1 Å². The second-order valence-electron chi connectivity index (χ2n) is 8.13. The first-order chi connectivity index (χ1) is 16.9. The summed E-state index contributed by atoms with van der Waals surface area (Å²) < 4.78 is 24.1. The van der Waals surface area contributed by atoms with E-state index in [-0.39, 0.29) is 5.82 Å². The third-order valence-corrected chi connectivity index (χ3v) is 5.74. The summed E-state index contributed by atoms with van der Waals surface area (Å²) in [5.74, 6) is -2.21. The number of piperazine rings is 1. The van der Waals surface area contributed by atoms with Crippen molar-refractivity contribution in [3.63, 3.8) is 0 Å². The van der Waals surface area contributed by atoms with Crippen molar-refractivity contribution in [3.8, 4) is 22.8 Å². The van der Waals surface area contributed by atoms with Crippen LogP contribution in [0.3, 0.4) is 0 Å². The first kappa shape index (κ1) is 24.2. The Morgan fingerprint density at radius 1 is 0.914 bits per heavy atom. The summed E-state index contributed by atoms with van der Waals surface area (Å²) in [6.07, 6.45) is 1.87. The summed E-state index contributed by atoms with van der Waals surface area (Å²) in [4.78, 5) is 23.1. The number of nitrogens with one attached hydrogen (secondary N) is 1. The number of aromatic nitrogens is 2. The number of carboxylic acid groups (broad SMARTS) is 2. The maximum atomic E-state index is 13.2. The van der Waals surface area contributed by atoms with Gasteiger partial charge in [0.1, 0.15) is 5.82 Å². The number of hydrogen-bond acceptors (Lipinski definition) is 7. The largest absolute Gasteiger partial charge is 0.473 e. The molecule has 3 aromatic rings. The molecule has 0 amide bonds. The van der Waals surface area contributed by atoms with Crippen LogP contribution >= 0.6 is 0 Å². The van der Waals surface area contributed by atoms with Crippen LogP contribution in [0.25, 0.3) is 11.3 Å². The van der Waals surface area contributed by atoms with E-state index in [1.165, 1.54) is 17.7 Å². The van der Waals surface area contributed by atoms with Crippen LogP contribution in [0.4, 0.5) is 4.39 Å². The number of hydrogen-bond donors (Lipinski definition) is 3. The zero-order chi connectivity index (χ0) is 24.8. The normalized spacial score (nSPS) is 15.3. The maximum absolute atomic E-state index is 13.2. The number of carbonyl (C=O) groups is 2. The van der Waals surface area contributed by atoms with Gasteiger partial charge in [0.25, 0.3) is 0 Å². The molecule has 1 fully saturated rings. The zero-order valence-corrected chi connectivity index (χ0v) is 18.8. The van der Waals surface area contributed by atoms with E-state index < -0.39 is 11.9 Å². The first-order valence-corrected chi connectivity index (χ1v) is 11.0. The van der Waals surface area contributed by atoms with E-state index in [0.717, 1.165) is 67.6 Å². The predicted molar refractivity (Wildman–Crippen MR) is 122 cm³/mol. The fourth-order valence-electron chi connectivity index (χ4n) is 3.94. The van der Waals surface area contributed by atoms with Crippen molar-refractivity contribution in [1.29, 1.82) is 0 Å². The van der Waals surface area contributed by atoms with E-state index in [1.807, 2.05) is 12.3 Å². The smallest absolute Gasteiger partial charge is 0.414 e. The second kappa shape index (κ2) is 11.0. The quantitative estimate of drug-likeness (QED) is 0.468. The van der Waals surface area contributed by atoms with E-state index in [0.29, 0.717) is 6.79 Å².